The number of rotatable bonds is 7. The van der Waals surface area contributed by atoms with Crippen LogP contribution in [0.3, 0.4) is 0 Å². The van der Waals surface area contributed by atoms with Gasteiger partial charge in [0.15, 0.2) is 0 Å². The number of carbonyl (C=O) groups excluding carboxylic acids is 4. The Morgan fingerprint density at radius 3 is 2.07 bits per heavy atom. The van der Waals surface area contributed by atoms with Crippen LogP contribution in [-0.2, 0) is 24.4 Å². The number of esters is 1. The number of hydrogen-bond acceptors (Lipinski definition) is 8. The predicted octanol–water partition coefficient (Wildman–Crippen LogP) is 0.896. The van der Waals surface area contributed by atoms with Crippen LogP contribution in [0.5, 0.6) is 0 Å². The summed E-state index contributed by atoms with van der Waals surface area (Å²) in [5.74, 6) is -3.39. The molecule has 156 valence electrons. The van der Waals surface area contributed by atoms with Crippen molar-refractivity contribution in [1.82, 2.24) is 9.79 Å². The van der Waals surface area contributed by atoms with Gasteiger partial charge in [-0.2, -0.15) is 4.72 Å². The maximum Gasteiger partial charge on any atom is 0.347 e. The third kappa shape index (κ3) is 4.21. The minimum atomic E-state index is -4.12. The van der Waals surface area contributed by atoms with E-state index in [4.69, 9.17) is 9.57 Å². The molecule has 1 heterocycles. The molecular weight excluding hydrogens is 416 g/mol. The minimum Gasteiger partial charge on any atom is -0.462 e. The first kappa shape index (κ1) is 21.1. The number of benzene rings is 2. The second-order valence-corrected chi connectivity index (χ2v) is 7.75. The predicted molar refractivity (Wildman–Crippen MR) is 101 cm³/mol. The molecule has 0 saturated carbocycles. The summed E-state index contributed by atoms with van der Waals surface area (Å²) in [5, 5.41) is 0.287. The number of ether oxygens (including phenoxy) is 1. The van der Waals surface area contributed by atoms with E-state index in [0.717, 1.165) is 0 Å². The van der Waals surface area contributed by atoms with Crippen molar-refractivity contribution in [2.75, 3.05) is 13.2 Å². The second kappa shape index (κ2) is 8.43. The number of nitrogens with one attached hydrogen (secondary N) is 1. The van der Waals surface area contributed by atoms with Crippen molar-refractivity contribution in [2.24, 2.45) is 0 Å². The number of sulfonamides is 1. The molecule has 0 unspecified atom stereocenters. The van der Waals surface area contributed by atoms with E-state index in [1.807, 2.05) is 4.72 Å². The van der Waals surface area contributed by atoms with Crippen molar-refractivity contribution in [3.8, 4) is 0 Å². The fourth-order valence-corrected chi connectivity index (χ4v) is 3.57. The fourth-order valence-electron chi connectivity index (χ4n) is 2.61. The topological polar surface area (TPSA) is 136 Å². The van der Waals surface area contributed by atoms with Gasteiger partial charge in [0.2, 0.25) is 10.0 Å². The van der Waals surface area contributed by atoms with Gasteiger partial charge in [-0.3, -0.25) is 9.59 Å². The maximum absolute atomic E-state index is 12.3. The van der Waals surface area contributed by atoms with Gasteiger partial charge < -0.3 is 9.57 Å². The van der Waals surface area contributed by atoms with Crippen LogP contribution in [-0.4, -0.2) is 50.4 Å². The minimum absolute atomic E-state index is 0.0811. The molecule has 0 aromatic heterocycles. The molecule has 2 aromatic carbocycles. The summed E-state index contributed by atoms with van der Waals surface area (Å²) in [4.78, 5) is 52.4. The third-order valence-electron chi connectivity index (χ3n) is 4.03. The zero-order valence-corrected chi connectivity index (χ0v) is 16.5. The quantitative estimate of drug-likeness (QED) is 0.503. The van der Waals surface area contributed by atoms with Crippen molar-refractivity contribution >= 4 is 33.8 Å². The van der Waals surface area contributed by atoms with Crippen LogP contribution >= 0.6 is 0 Å². The molecule has 0 atom stereocenters. The van der Waals surface area contributed by atoms with Crippen LogP contribution in [0.2, 0.25) is 0 Å². The van der Waals surface area contributed by atoms with Gasteiger partial charge in [0, 0.05) is 0 Å². The van der Waals surface area contributed by atoms with Crippen LogP contribution in [0, 0.1) is 0 Å². The molecule has 10 nitrogen and oxygen atoms in total. The highest BCUT2D eigenvalue weighted by atomic mass is 32.2. The lowest BCUT2D eigenvalue weighted by Gasteiger charge is -2.13. The number of nitrogens with zero attached hydrogens (tertiary/aromatic N) is 1. The number of amides is 2. The van der Waals surface area contributed by atoms with Crippen LogP contribution in [0.15, 0.2) is 53.4 Å². The standard InChI is InChI=1S/C19H16N2O8S/c1-2-28-19(25)12-7-9-13(10-8-12)30(26,27)20-11-16(22)29-21-17(23)14-5-3-4-6-15(14)18(21)24/h3-10,20H,2,11H2,1H3. The number of fused-ring (bicyclic) bond motifs is 1. The highest BCUT2D eigenvalue weighted by molar-refractivity contribution is 7.89. The van der Waals surface area contributed by atoms with Gasteiger partial charge in [-0.05, 0) is 43.3 Å². The summed E-state index contributed by atoms with van der Waals surface area (Å²) >= 11 is 0. The highest BCUT2D eigenvalue weighted by Gasteiger charge is 2.38. The van der Waals surface area contributed by atoms with E-state index in [9.17, 15) is 27.6 Å². The lowest BCUT2D eigenvalue weighted by molar-refractivity contribution is -0.166. The lowest BCUT2D eigenvalue weighted by atomic mass is 10.1. The van der Waals surface area contributed by atoms with Gasteiger partial charge in [0.05, 0.1) is 28.2 Å². The van der Waals surface area contributed by atoms with Crippen LogP contribution in [0.25, 0.3) is 0 Å². The zero-order valence-electron chi connectivity index (χ0n) is 15.7. The Balaban J connectivity index is 1.61. The molecule has 0 saturated heterocycles. The molecule has 1 aliphatic rings. The summed E-state index contributed by atoms with van der Waals surface area (Å²) < 4.78 is 31.4. The van der Waals surface area contributed by atoms with E-state index in [1.54, 1.807) is 19.1 Å². The molecule has 0 fully saturated rings. The Hall–Kier alpha value is -3.57. The van der Waals surface area contributed by atoms with E-state index < -0.39 is 40.3 Å². The number of imide groups is 1. The Bertz CT molecular complexity index is 1090. The average molecular weight is 432 g/mol. The van der Waals surface area contributed by atoms with Crippen molar-refractivity contribution in [3.63, 3.8) is 0 Å². The van der Waals surface area contributed by atoms with Gasteiger partial charge >= 0.3 is 11.9 Å². The Kier molecular flexibility index (Phi) is 5.94. The van der Waals surface area contributed by atoms with Gasteiger partial charge in [0.25, 0.3) is 11.8 Å². The number of hydrogen-bond donors (Lipinski definition) is 1. The van der Waals surface area contributed by atoms with Crippen molar-refractivity contribution < 1.29 is 37.2 Å². The first-order valence-corrected chi connectivity index (χ1v) is 10.2. The smallest absolute Gasteiger partial charge is 0.347 e. The molecule has 0 bridgehead atoms. The van der Waals surface area contributed by atoms with Gasteiger partial charge in [-0.15, -0.1) is 0 Å². The lowest BCUT2D eigenvalue weighted by Crippen LogP contribution is -2.38. The largest absolute Gasteiger partial charge is 0.462 e. The van der Waals surface area contributed by atoms with Gasteiger partial charge in [0.1, 0.15) is 6.54 Å². The summed E-state index contributed by atoms with van der Waals surface area (Å²) in [6.07, 6.45) is 0. The summed E-state index contributed by atoms with van der Waals surface area (Å²) in [5.41, 5.74) is 0.330. The zero-order chi connectivity index (χ0) is 21.9. The van der Waals surface area contributed by atoms with Gasteiger partial charge in [-0.25, -0.2) is 18.0 Å². The molecule has 2 aromatic rings. The van der Waals surface area contributed by atoms with E-state index in [-0.39, 0.29) is 33.3 Å². The monoisotopic (exact) mass is 432 g/mol. The molecule has 2 amide bonds. The molecule has 11 heteroatoms. The highest BCUT2D eigenvalue weighted by Crippen LogP contribution is 2.22. The van der Waals surface area contributed by atoms with Crippen LogP contribution in [0.1, 0.15) is 38.0 Å². The molecular formula is C19H16N2O8S. The Morgan fingerprint density at radius 1 is 0.967 bits per heavy atom. The fraction of sp³-hybridized carbons (Fsp3) is 0.158. The number of hydroxylamine groups is 2. The summed E-state index contributed by atoms with van der Waals surface area (Å²) in [6.45, 7) is 0.993. The van der Waals surface area contributed by atoms with Gasteiger partial charge in [-0.1, -0.05) is 17.2 Å². The molecule has 0 radical (unpaired) electrons. The van der Waals surface area contributed by atoms with E-state index in [1.165, 1.54) is 36.4 Å². The van der Waals surface area contributed by atoms with Crippen molar-refractivity contribution in [1.29, 1.82) is 0 Å². The molecule has 1 N–H and O–H groups in total. The van der Waals surface area contributed by atoms with E-state index >= 15 is 0 Å². The number of carbonyl (C=O) groups is 4. The normalized spacial score (nSPS) is 13.2. The molecule has 0 spiro atoms. The second-order valence-electron chi connectivity index (χ2n) is 5.98. The summed E-state index contributed by atoms with van der Waals surface area (Å²) in [7, 11) is -4.12. The summed E-state index contributed by atoms with van der Waals surface area (Å²) in [6, 6.07) is 10.8. The molecule has 0 aliphatic carbocycles. The molecule has 30 heavy (non-hydrogen) atoms. The Labute approximate surface area is 171 Å². The van der Waals surface area contributed by atoms with E-state index in [2.05, 4.69) is 0 Å². The SMILES string of the molecule is CCOC(=O)c1ccc(S(=O)(=O)NCC(=O)ON2C(=O)c3ccccc3C2=O)cc1. The van der Waals surface area contributed by atoms with Crippen LogP contribution < -0.4 is 4.72 Å². The third-order valence-corrected chi connectivity index (χ3v) is 5.45. The average Bonchev–Trinajstić information content (AvgIpc) is 2.98. The van der Waals surface area contributed by atoms with Crippen LogP contribution in [0.4, 0.5) is 0 Å². The molecule has 3 rings (SSSR count). The van der Waals surface area contributed by atoms with Crippen molar-refractivity contribution in [2.45, 2.75) is 11.8 Å². The van der Waals surface area contributed by atoms with Crippen molar-refractivity contribution in [3.05, 3.63) is 65.2 Å². The first-order valence-electron chi connectivity index (χ1n) is 8.70. The first-order chi connectivity index (χ1) is 14.2. The molecule has 1 aliphatic heterocycles. The van der Waals surface area contributed by atoms with E-state index in [0.29, 0.717) is 0 Å². The Morgan fingerprint density at radius 2 is 1.53 bits per heavy atom. The maximum atomic E-state index is 12.3.